The first kappa shape index (κ1) is 11.8. The zero-order chi connectivity index (χ0) is 12.5. The van der Waals surface area contributed by atoms with Gasteiger partial charge in [-0.15, -0.1) is 0 Å². The maximum Gasteiger partial charge on any atom is 0.150 e. The molecule has 4 heteroatoms. The van der Waals surface area contributed by atoms with Crippen LogP contribution in [0, 0.1) is 0 Å². The molecule has 0 saturated heterocycles. The molecule has 0 aliphatic carbocycles. The van der Waals surface area contributed by atoms with E-state index in [-0.39, 0.29) is 6.04 Å². The van der Waals surface area contributed by atoms with Gasteiger partial charge in [-0.3, -0.25) is 0 Å². The van der Waals surface area contributed by atoms with Crippen LogP contribution < -0.4 is 5.73 Å². The number of fused-ring (bicyclic) bond motifs is 1. The quantitative estimate of drug-likeness (QED) is 0.902. The Kier molecular flexibility index (Phi) is 3.10. The summed E-state index contributed by atoms with van der Waals surface area (Å²) in [6, 6.07) is 10.5. The Hall–Kier alpha value is -1.32. The minimum Gasteiger partial charge on any atom is -0.329 e. The third kappa shape index (κ3) is 2.16. The van der Waals surface area contributed by atoms with E-state index in [1.54, 1.807) is 0 Å². The SMILES string of the molecule is NC1CCc2c(Cl)nc(Cc3ccccc3)n2C1. The summed E-state index contributed by atoms with van der Waals surface area (Å²) in [5.74, 6) is 1.02. The van der Waals surface area contributed by atoms with Crippen LogP contribution >= 0.6 is 11.6 Å². The second-order valence-corrected chi connectivity index (χ2v) is 5.20. The number of aromatic nitrogens is 2. The van der Waals surface area contributed by atoms with Crippen molar-refractivity contribution in [3.8, 4) is 0 Å². The van der Waals surface area contributed by atoms with E-state index >= 15 is 0 Å². The lowest BCUT2D eigenvalue weighted by Crippen LogP contribution is -2.32. The molecule has 1 atom stereocenters. The van der Waals surface area contributed by atoms with Crippen molar-refractivity contribution in [3.05, 3.63) is 52.6 Å². The van der Waals surface area contributed by atoms with Crippen LogP contribution in [0.25, 0.3) is 0 Å². The predicted octanol–water partition coefficient (Wildman–Crippen LogP) is 2.40. The molecule has 94 valence electrons. The van der Waals surface area contributed by atoms with Crippen molar-refractivity contribution in [2.75, 3.05) is 0 Å². The van der Waals surface area contributed by atoms with Gasteiger partial charge in [-0.1, -0.05) is 41.9 Å². The molecule has 0 radical (unpaired) electrons. The minimum atomic E-state index is 0.220. The van der Waals surface area contributed by atoms with E-state index in [0.717, 1.165) is 37.3 Å². The molecule has 3 rings (SSSR count). The number of hydrogen-bond acceptors (Lipinski definition) is 2. The maximum atomic E-state index is 6.20. The molecule has 1 aromatic heterocycles. The second kappa shape index (κ2) is 4.75. The molecule has 0 saturated carbocycles. The van der Waals surface area contributed by atoms with Gasteiger partial charge in [0.1, 0.15) is 5.82 Å². The van der Waals surface area contributed by atoms with Gasteiger partial charge in [-0.25, -0.2) is 4.98 Å². The van der Waals surface area contributed by atoms with Crippen LogP contribution in [0.4, 0.5) is 0 Å². The first-order valence-electron chi connectivity index (χ1n) is 6.27. The number of rotatable bonds is 2. The maximum absolute atomic E-state index is 6.20. The van der Waals surface area contributed by atoms with Gasteiger partial charge in [0.2, 0.25) is 0 Å². The molecule has 0 bridgehead atoms. The van der Waals surface area contributed by atoms with Crippen LogP contribution in [0.15, 0.2) is 30.3 Å². The van der Waals surface area contributed by atoms with Gasteiger partial charge in [0.25, 0.3) is 0 Å². The molecule has 1 aromatic carbocycles. The van der Waals surface area contributed by atoms with Crippen LogP contribution in [0.3, 0.4) is 0 Å². The summed E-state index contributed by atoms with van der Waals surface area (Å²) < 4.78 is 2.20. The van der Waals surface area contributed by atoms with Crippen LogP contribution in [0.1, 0.15) is 23.5 Å². The summed E-state index contributed by atoms with van der Waals surface area (Å²) in [5.41, 5.74) is 8.42. The summed E-state index contributed by atoms with van der Waals surface area (Å²) in [7, 11) is 0. The lowest BCUT2D eigenvalue weighted by atomic mass is 10.1. The number of imidazole rings is 1. The summed E-state index contributed by atoms with van der Waals surface area (Å²) in [4.78, 5) is 4.49. The summed E-state index contributed by atoms with van der Waals surface area (Å²) in [6.07, 6.45) is 2.74. The Morgan fingerprint density at radius 1 is 1.33 bits per heavy atom. The topological polar surface area (TPSA) is 43.8 Å². The summed E-state index contributed by atoms with van der Waals surface area (Å²) in [6.45, 7) is 0.831. The molecule has 3 nitrogen and oxygen atoms in total. The fraction of sp³-hybridized carbons (Fsp3) is 0.357. The third-order valence-corrected chi connectivity index (χ3v) is 3.78. The smallest absolute Gasteiger partial charge is 0.150 e. The number of nitrogens with two attached hydrogens (primary N) is 1. The Morgan fingerprint density at radius 3 is 2.89 bits per heavy atom. The monoisotopic (exact) mass is 261 g/mol. The van der Waals surface area contributed by atoms with Gasteiger partial charge in [0, 0.05) is 19.0 Å². The highest BCUT2D eigenvalue weighted by molar-refractivity contribution is 6.30. The fourth-order valence-electron chi connectivity index (χ4n) is 2.52. The third-order valence-electron chi connectivity index (χ3n) is 3.48. The van der Waals surface area contributed by atoms with Crippen LogP contribution in [0.2, 0.25) is 5.15 Å². The van der Waals surface area contributed by atoms with E-state index in [9.17, 15) is 0 Å². The molecule has 1 aliphatic rings. The molecule has 0 spiro atoms. The standard InChI is InChI=1S/C14H16ClN3/c15-14-12-7-6-11(16)9-18(12)13(17-14)8-10-4-2-1-3-5-10/h1-5,11H,6-9,16H2. The van der Waals surface area contributed by atoms with Crippen LogP contribution in [0.5, 0.6) is 0 Å². The Labute approximate surface area is 112 Å². The van der Waals surface area contributed by atoms with E-state index in [2.05, 4.69) is 21.7 Å². The molecular weight excluding hydrogens is 246 g/mol. The van der Waals surface area contributed by atoms with Crippen molar-refractivity contribution < 1.29 is 0 Å². The number of benzene rings is 1. The molecular formula is C14H16ClN3. The van der Waals surface area contributed by atoms with E-state index in [0.29, 0.717) is 5.15 Å². The number of nitrogens with zero attached hydrogens (tertiary/aromatic N) is 2. The molecule has 18 heavy (non-hydrogen) atoms. The van der Waals surface area contributed by atoms with E-state index in [1.807, 2.05) is 18.2 Å². The van der Waals surface area contributed by atoms with Crippen LogP contribution in [-0.2, 0) is 19.4 Å². The average molecular weight is 262 g/mol. The first-order valence-corrected chi connectivity index (χ1v) is 6.65. The molecule has 1 aliphatic heterocycles. The molecule has 0 fully saturated rings. The van der Waals surface area contributed by atoms with Crippen molar-refractivity contribution in [2.45, 2.75) is 31.8 Å². The highest BCUT2D eigenvalue weighted by Crippen LogP contribution is 2.25. The molecule has 2 N–H and O–H groups in total. The van der Waals surface area contributed by atoms with Crippen molar-refractivity contribution in [1.82, 2.24) is 9.55 Å². The normalized spacial score (nSPS) is 18.7. The van der Waals surface area contributed by atoms with E-state index in [4.69, 9.17) is 17.3 Å². The predicted molar refractivity (Wildman–Crippen MR) is 72.8 cm³/mol. The zero-order valence-electron chi connectivity index (χ0n) is 10.1. The van der Waals surface area contributed by atoms with Gasteiger partial charge in [-0.05, 0) is 18.4 Å². The van der Waals surface area contributed by atoms with E-state index < -0.39 is 0 Å². The Balaban J connectivity index is 1.93. The molecule has 0 amide bonds. The van der Waals surface area contributed by atoms with Gasteiger partial charge in [0.05, 0.1) is 5.69 Å². The largest absolute Gasteiger partial charge is 0.329 e. The first-order chi connectivity index (χ1) is 8.74. The Bertz CT molecular complexity index is 548. The van der Waals surface area contributed by atoms with Crippen molar-refractivity contribution in [1.29, 1.82) is 0 Å². The summed E-state index contributed by atoms with van der Waals surface area (Å²) in [5, 5.41) is 0.646. The van der Waals surface area contributed by atoms with Crippen molar-refractivity contribution in [2.24, 2.45) is 5.73 Å². The van der Waals surface area contributed by atoms with Gasteiger partial charge in [0.15, 0.2) is 5.15 Å². The second-order valence-electron chi connectivity index (χ2n) is 4.84. The average Bonchev–Trinajstić information content (AvgIpc) is 2.67. The molecule has 2 aromatic rings. The molecule has 2 heterocycles. The lowest BCUT2D eigenvalue weighted by Gasteiger charge is -2.22. The van der Waals surface area contributed by atoms with Crippen molar-refractivity contribution in [3.63, 3.8) is 0 Å². The fourth-order valence-corrected chi connectivity index (χ4v) is 2.81. The number of hydrogen-bond donors (Lipinski definition) is 1. The Morgan fingerprint density at radius 2 is 2.11 bits per heavy atom. The van der Waals surface area contributed by atoms with Crippen LogP contribution in [-0.4, -0.2) is 15.6 Å². The van der Waals surface area contributed by atoms with Gasteiger partial charge in [-0.2, -0.15) is 0 Å². The minimum absolute atomic E-state index is 0.220. The zero-order valence-corrected chi connectivity index (χ0v) is 10.9. The highest BCUT2D eigenvalue weighted by Gasteiger charge is 2.22. The van der Waals surface area contributed by atoms with E-state index in [1.165, 1.54) is 5.56 Å². The van der Waals surface area contributed by atoms with Gasteiger partial charge >= 0.3 is 0 Å². The number of halogens is 1. The highest BCUT2D eigenvalue weighted by atomic mass is 35.5. The molecule has 1 unspecified atom stereocenters. The summed E-state index contributed by atoms with van der Waals surface area (Å²) >= 11 is 6.20. The van der Waals surface area contributed by atoms with Crippen molar-refractivity contribution >= 4 is 11.6 Å². The lowest BCUT2D eigenvalue weighted by molar-refractivity contribution is 0.451. The van der Waals surface area contributed by atoms with Gasteiger partial charge < -0.3 is 10.3 Å².